The van der Waals surface area contributed by atoms with Crippen molar-refractivity contribution in [3.8, 4) is 0 Å². The Balaban J connectivity index is 1.59. The summed E-state index contributed by atoms with van der Waals surface area (Å²) in [6.45, 7) is 6.51. The topological polar surface area (TPSA) is 32.3 Å². The van der Waals surface area contributed by atoms with Gasteiger partial charge in [-0.1, -0.05) is 43.7 Å². The number of carbonyl (C=O) groups excluding carboxylic acids is 1. The Morgan fingerprint density at radius 2 is 1.90 bits per heavy atom. The molecule has 1 aliphatic heterocycles. The first-order valence-electron chi connectivity index (χ1n) is 8.29. The van der Waals surface area contributed by atoms with E-state index in [1.54, 1.807) is 0 Å². The molecule has 1 aliphatic rings. The van der Waals surface area contributed by atoms with Gasteiger partial charge in [0.05, 0.1) is 0 Å². The van der Waals surface area contributed by atoms with E-state index in [4.69, 9.17) is 0 Å². The number of hydrogen-bond donors (Lipinski definition) is 1. The second-order valence-electron chi connectivity index (χ2n) is 6.12. The fourth-order valence-electron chi connectivity index (χ4n) is 2.96. The van der Waals surface area contributed by atoms with Gasteiger partial charge in [-0.25, -0.2) is 0 Å². The van der Waals surface area contributed by atoms with Crippen molar-refractivity contribution in [2.75, 3.05) is 26.2 Å². The monoisotopic (exact) mass is 288 g/mol. The first kappa shape index (κ1) is 16.0. The van der Waals surface area contributed by atoms with Crippen LogP contribution in [0.3, 0.4) is 0 Å². The quantitative estimate of drug-likeness (QED) is 0.782. The lowest BCUT2D eigenvalue weighted by atomic mass is 9.97. The molecule has 1 amide bonds. The Labute approximate surface area is 128 Å². The number of rotatable bonds is 7. The molecule has 0 saturated carbocycles. The molecule has 1 aromatic carbocycles. The summed E-state index contributed by atoms with van der Waals surface area (Å²) >= 11 is 0. The Hall–Kier alpha value is -1.35. The average Bonchev–Trinajstić information content (AvgIpc) is 2.53. The molecule has 0 bridgehead atoms. The van der Waals surface area contributed by atoms with E-state index in [1.165, 1.54) is 37.9 Å². The molecule has 1 fully saturated rings. The Kier molecular flexibility index (Phi) is 6.74. The molecule has 116 valence electrons. The molecule has 0 spiro atoms. The van der Waals surface area contributed by atoms with Gasteiger partial charge in [0.2, 0.25) is 5.91 Å². The summed E-state index contributed by atoms with van der Waals surface area (Å²) in [5.74, 6) is 0.457. The molecule has 1 unspecified atom stereocenters. The van der Waals surface area contributed by atoms with Crippen molar-refractivity contribution < 1.29 is 4.79 Å². The predicted molar refractivity (Wildman–Crippen MR) is 87.4 cm³/mol. The molecule has 21 heavy (non-hydrogen) atoms. The van der Waals surface area contributed by atoms with Crippen LogP contribution in [-0.4, -0.2) is 37.0 Å². The third-order valence-electron chi connectivity index (χ3n) is 4.28. The van der Waals surface area contributed by atoms with Crippen molar-refractivity contribution in [2.24, 2.45) is 0 Å². The molecule has 0 aliphatic carbocycles. The molecular weight excluding hydrogens is 260 g/mol. The van der Waals surface area contributed by atoms with Crippen LogP contribution < -0.4 is 5.32 Å². The van der Waals surface area contributed by atoms with Gasteiger partial charge in [-0.3, -0.25) is 4.79 Å². The van der Waals surface area contributed by atoms with E-state index in [9.17, 15) is 4.79 Å². The highest BCUT2D eigenvalue weighted by atomic mass is 16.1. The van der Waals surface area contributed by atoms with Crippen LogP contribution >= 0.6 is 0 Å². The van der Waals surface area contributed by atoms with E-state index in [0.29, 0.717) is 6.42 Å². The number of piperidine rings is 1. The van der Waals surface area contributed by atoms with E-state index in [-0.39, 0.29) is 11.8 Å². The number of nitrogens with one attached hydrogen (secondary N) is 1. The minimum atomic E-state index is 0.171. The summed E-state index contributed by atoms with van der Waals surface area (Å²) in [6.07, 6.45) is 5.69. The molecule has 3 nitrogen and oxygen atoms in total. The summed E-state index contributed by atoms with van der Waals surface area (Å²) in [6, 6.07) is 10.3. The highest BCUT2D eigenvalue weighted by Gasteiger charge is 2.11. The lowest BCUT2D eigenvalue weighted by molar-refractivity contribution is -0.121. The van der Waals surface area contributed by atoms with Gasteiger partial charge in [0.15, 0.2) is 0 Å². The van der Waals surface area contributed by atoms with E-state index in [0.717, 1.165) is 19.5 Å². The minimum absolute atomic E-state index is 0.171. The van der Waals surface area contributed by atoms with Gasteiger partial charge in [0, 0.05) is 13.0 Å². The van der Waals surface area contributed by atoms with Crippen LogP contribution in [-0.2, 0) is 4.79 Å². The maximum absolute atomic E-state index is 12.0. The number of amides is 1. The molecule has 1 N–H and O–H groups in total. The Bertz CT molecular complexity index is 412. The zero-order valence-corrected chi connectivity index (χ0v) is 13.2. The van der Waals surface area contributed by atoms with E-state index in [2.05, 4.69) is 29.3 Å². The van der Waals surface area contributed by atoms with Crippen LogP contribution in [0, 0.1) is 0 Å². The predicted octanol–water partition coefficient (Wildman–Crippen LogP) is 3.17. The van der Waals surface area contributed by atoms with Crippen molar-refractivity contribution in [1.82, 2.24) is 10.2 Å². The zero-order valence-electron chi connectivity index (χ0n) is 13.2. The molecule has 1 aromatic rings. The lowest BCUT2D eigenvalue weighted by Crippen LogP contribution is -2.33. The summed E-state index contributed by atoms with van der Waals surface area (Å²) in [5.41, 5.74) is 1.24. The van der Waals surface area contributed by atoms with Gasteiger partial charge < -0.3 is 10.2 Å². The van der Waals surface area contributed by atoms with Gasteiger partial charge in [0.1, 0.15) is 0 Å². The van der Waals surface area contributed by atoms with Gasteiger partial charge in [-0.05, 0) is 50.4 Å². The molecular formula is C18H28N2O. The normalized spacial score (nSPS) is 17.4. The van der Waals surface area contributed by atoms with Gasteiger partial charge in [-0.2, -0.15) is 0 Å². The number of likely N-dealkylation sites (tertiary alicyclic amines) is 1. The highest BCUT2D eigenvalue weighted by Crippen LogP contribution is 2.18. The van der Waals surface area contributed by atoms with Gasteiger partial charge in [0.25, 0.3) is 0 Å². The average molecular weight is 288 g/mol. The molecule has 0 radical (unpaired) electrons. The fourth-order valence-corrected chi connectivity index (χ4v) is 2.96. The van der Waals surface area contributed by atoms with E-state index in [1.807, 2.05) is 18.2 Å². The Morgan fingerprint density at radius 3 is 2.62 bits per heavy atom. The first-order chi connectivity index (χ1) is 10.3. The van der Waals surface area contributed by atoms with Crippen molar-refractivity contribution in [3.63, 3.8) is 0 Å². The zero-order chi connectivity index (χ0) is 14.9. The molecule has 3 heteroatoms. The van der Waals surface area contributed by atoms with Crippen LogP contribution in [0.5, 0.6) is 0 Å². The summed E-state index contributed by atoms with van der Waals surface area (Å²) in [7, 11) is 0. The van der Waals surface area contributed by atoms with E-state index < -0.39 is 0 Å². The lowest BCUT2D eigenvalue weighted by Gasteiger charge is -2.26. The van der Waals surface area contributed by atoms with Crippen LogP contribution in [0.1, 0.15) is 50.5 Å². The molecule has 1 atom stereocenters. The maximum Gasteiger partial charge on any atom is 0.220 e. The van der Waals surface area contributed by atoms with Crippen LogP contribution in [0.15, 0.2) is 30.3 Å². The van der Waals surface area contributed by atoms with Gasteiger partial charge >= 0.3 is 0 Å². The van der Waals surface area contributed by atoms with Crippen LogP contribution in [0.4, 0.5) is 0 Å². The molecule has 2 rings (SSSR count). The molecule has 1 saturated heterocycles. The number of benzene rings is 1. The molecule has 0 aromatic heterocycles. The summed E-state index contributed by atoms with van der Waals surface area (Å²) < 4.78 is 0. The van der Waals surface area contributed by atoms with Crippen molar-refractivity contribution in [3.05, 3.63) is 35.9 Å². The van der Waals surface area contributed by atoms with Crippen molar-refractivity contribution in [2.45, 2.75) is 44.9 Å². The van der Waals surface area contributed by atoms with Crippen molar-refractivity contribution >= 4 is 5.91 Å². The maximum atomic E-state index is 12.0. The fraction of sp³-hybridized carbons (Fsp3) is 0.611. The van der Waals surface area contributed by atoms with Crippen LogP contribution in [0.2, 0.25) is 0 Å². The SMILES string of the molecule is CC(CC(=O)NCCCN1CCCCC1)c1ccccc1. The molecule has 1 heterocycles. The number of hydrogen-bond acceptors (Lipinski definition) is 2. The first-order valence-corrected chi connectivity index (χ1v) is 8.29. The van der Waals surface area contributed by atoms with Gasteiger partial charge in [-0.15, -0.1) is 0 Å². The summed E-state index contributed by atoms with van der Waals surface area (Å²) in [4.78, 5) is 14.5. The number of carbonyl (C=O) groups is 1. The third-order valence-corrected chi connectivity index (χ3v) is 4.28. The highest BCUT2D eigenvalue weighted by molar-refractivity contribution is 5.76. The second-order valence-corrected chi connectivity index (χ2v) is 6.12. The minimum Gasteiger partial charge on any atom is -0.356 e. The summed E-state index contributed by atoms with van der Waals surface area (Å²) in [5, 5.41) is 3.06. The van der Waals surface area contributed by atoms with Crippen molar-refractivity contribution in [1.29, 1.82) is 0 Å². The third kappa shape index (κ3) is 5.88. The van der Waals surface area contributed by atoms with Crippen LogP contribution in [0.25, 0.3) is 0 Å². The standard InChI is InChI=1S/C18H28N2O/c1-16(17-9-4-2-5-10-17)15-18(21)19-11-8-14-20-12-6-3-7-13-20/h2,4-5,9-10,16H,3,6-8,11-15H2,1H3,(H,19,21). The second kappa shape index (κ2) is 8.83. The van der Waals surface area contributed by atoms with E-state index >= 15 is 0 Å². The smallest absolute Gasteiger partial charge is 0.220 e. The largest absolute Gasteiger partial charge is 0.356 e. The Morgan fingerprint density at radius 1 is 1.19 bits per heavy atom. The number of nitrogens with zero attached hydrogens (tertiary/aromatic N) is 1.